The summed E-state index contributed by atoms with van der Waals surface area (Å²) in [6.07, 6.45) is 2.89. The van der Waals surface area contributed by atoms with Gasteiger partial charge in [-0.2, -0.15) is 5.26 Å². The zero-order valence-corrected chi connectivity index (χ0v) is 9.79. The van der Waals surface area contributed by atoms with E-state index in [9.17, 15) is 5.26 Å². The van der Waals surface area contributed by atoms with Gasteiger partial charge in [-0.25, -0.2) is 0 Å². The quantitative estimate of drug-likeness (QED) is 0.820. The largest absolute Gasteiger partial charge is 0.317 e. The standard InChI is InChI=1S/C14H18N2/c1-2-12-4-3-5-13(10-12)14(11-15)6-8-16-9-7-14/h3-5,10,16H,2,6-9H2,1H3. The SMILES string of the molecule is CCc1cccc(C2(C#N)CCNCC2)c1. The van der Waals surface area contributed by atoms with Gasteiger partial charge < -0.3 is 5.32 Å². The number of benzene rings is 1. The Morgan fingerprint density at radius 2 is 2.12 bits per heavy atom. The second kappa shape index (κ2) is 4.67. The minimum Gasteiger partial charge on any atom is -0.317 e. The van der Waals surface area contributed by atoms with Gasteiger partial charge in [0, 0.05) is 0 Å². The molecule has 2 rings (SSSR count). The highest BCUT2D eigenvalue weighted by Gasteiger charge is 2.33. The highest BCUT2D eigenvalue weighted by molar-refractivity contribution is 5.36. The molecule has 0 radical (unpaired) electrons. The molecule has 1 aliphatic heterocycles. The summed E-state index contributed by atoms with van der Waals surface area (Å²) >= 11 is 0. The fourth-order valence-corrected chi connectivity index (χ4v) is 2.41. The lowest BCUT2D eigenvalue weighted by atomic mass is 9.74. The van der Waals surface area contributed by atoms with Gasteiger partial charge in [-0.1, -0.05) is 31.2 Å². The molecule has 1 heterocycles. The highest BCUT2D eigenvalue weighted by atomic mass is 14.9. The Morgan fingerprint density at radius 3 is 2.75 bits per heavy atom. The molecular formula is C14H18N2. The molecule has 16 heavy (non-hydrogen) atoms. The van der Waals surface area contributed by atoms with E-state index in [1.165, 1.54) is 11.1 Å². The Balaban J connectivity index is 2.36. The van der Waals surface area contributed by atoms with Crippen molar-refractivity contribution in [2.75, 3.05) is 13.1 Å². The van der Waals surface area contributed by atoms with Crippen LogP contribution in [0.15, 0.2) is 24.3 Å². The van der Waals surface area contributed by atoms with Crippen LogP contribution in [0.4, 0.5) is 0 Å². The maximum absolute atomic E-state index is 9.48. The van der Waals surface area contributed by atoms with Crippen molar-refractivity contribution in [2.45, 2.75) is 31.6 Å². The fraction of sp³-hybridized carbons (Fsp3) is 0.500. The molecule has 0 bridgehead atoms. The predicted molar refractivity (Wildman–Crippen MR) is 65.2 cm³/mol. The van der Waals surface area contributed by atoms with Gasteiger partial charge in [0.05, 0.1) is 11.5 Å². The van der Waals surface area contributed by atoms with E-state index >= 15 is 0 Å². The van der Waals surface area contributed by atoms with Gasteiger partial charge in [0.15, 0.2) is 0 Å². The third kappa shape index (κ3) is 1.96. The first kappa shape index (κ1) is 11.2. The molecule has 0 spiro atoms. The van der Waals surface area contributed by atoms with Crippen LogP contribution in [0.1, 0.15) is 30.9 Å². The Labute approximate surface area is 97.3 Å². The Kier molecular flexibility index (Phi) is 3.26. The molecule has 0 amide bonds. The Bertz CT molecular complexity index is 397. The zero-order chi connectivity index (χ0) is 11.4. The van der Waals surface area contributed by atoms with Crippen LogP contribution in [0.3, 0.4) is 0 Å². The van der Waals surface area contributed by atoms with Gasteiger partial charge in [-0.05, 0) is 43.5 Å². The van der Waals surface area contributed by atoms with E-state index in [1.54, 1.807) is 0 Å². The molecule has 0 aromatic heterocycles. The number of nitrogens with one attached hydrogen (secondary N) is 1. The topological polar surface area (TPSA) is 35.8 Å². The number of aryl methyl sites for hydroxylation is 1. The summed E-state index contributed by atoms with van der Waals surface area (Å²) in [5.74, 6) is 0. The van der Waals surface area contributed by atoms with E-state index in [0.29, 0.717) is 0 Å². The molecule has 1 aromatic carbocycles. The van der Waals surface area contributed by atoms with Crippen molar-refractivity contribution < 1.29 is 0 Å². The molecule has 0 saturated carbocycles. The molecule has 1 saturated heterocycles. The summed E-state index contributed by atoms with van der Waals surface area (Å²) in [5.41, 5.74) is 2.28. The van der Waals surface area contributed by atoms with E-state index in [4.69, 9.17) is 0 Å². The van der Waals surface area contributed by atoms with Crippen LogP contribution < -0.4 is 5.32 Å². The first-order valence-corrected chi connectivity index (χ1v) is 6.02. The molecule has 1 aromatic rings. The smallest absolute Gasteiger partial charge is 0.0846 e. The summed E-state index contributed by atoms with van der Waals surface area (Å²) in [7, 11) is 0. The average Bonchev–Trinajstić information content (AvgIpc) is 2.39. The molecular weight excluding hydrogens is 196 g/mol. The van der Waals surface area contributed by atoms with Crippen molar-refractivity contribution in [2.24, 2.45) is 0 Å². The molecule has 1 fully saturated rings. The van der Waals surface area contributed by atoms with Gasteiger partial charge in [-0.3, -0.25) is 0 Å². The van der Waals surface area contributed by atoms with Crippen molar-refractivity contribution in [1.29, 1.82) is 5.26 Å². The summed E-state index contributed by atoms with van der Waals surface area (Å²) in [5, 5.41) is 12.8. The second-order valence-corrected chi connectivity index (χ2v) is 4.50. The molecule has 1 N–H and O–H groups in total. The van der Waals surface area contributed by atoms with Crippen LogP contribution in [-0.2, 0) is 11.8 Å². The van der Waals surface area contributed by atoms with Crippen molar-refractivity contribution in [3.8, 4) is 6.07 Å². The number of rotatable bonds is 2. The lowest BCUT2D eigenvalue weighted by Crippen LogP contribution is -2.38. The first-order chi connectivity index (χ1) is 7.80. The van der Waals surface area contributed by atoms with Crippen LogP contribution in [-0.4, -0.2) is 13.1 Å². The van der Waals surface area contributed by atoms with Crippen molar-refractivity contribution in [3.63, 3.8) is 0 Å². The maximum atomic E-state index is 9.48. The molecule has 0 aliphatic carbocycles. The summed E-state index contributed by atoms with van der Waals surface area (Å²) in [6.45, 7) is 4.05. The second-order valence-electron chi connectivity index (χ2n) is 4.50. The minimum absolute atomic E-state index is 0.254. The monoisotopic (exact) mass is 214 g/mol. The molecule has 2 nitrogen and oxygen atoms in total. The number of hydrogen-bond acceptors (Lipinski definition) is 2. The van der Waals surface area contributed by atoms with Gasteiger partial charge in [0.2, 0.25) is 0 Å². The molecule has 0 unspecified atom stereocenters. The average molecular weight is 214 g/mol. The number of nitrogens with zero attached hydrogens (tertiary/aromatic N) is 1. The van der Waals surface area contributed by atoms with E-state index < -0.39 is 0 Å². The van der Waals surface area contributed by atoms with Crippen LogP contribution >= 0.6 is 0 Å². The number of hydrogen-bond donors (Lipinski definition) is 1. The molecule has 1 aliphatic rings. The molecule has 0 atom stereocenters. The van der Waals surface area contributed by atoms with Gasteiger partial charge >= 0.3 is 0 Å². The Hall–Kier alpha value is -1.33. The Morgan fingerprint density at radius 1 is 1.38 bits per heavy atom. The third-order valence-corrected chi connectivity index (χ3v) is 3.56. The van der Waals surface area contributed by atoms with Gasteiger partial charge in [0.25, 0.3) is 0 Å². The van der Waals surface area contributed by atoms with E-state index in [1.807, 2.05) is 0 Å². The first-order valence-electron chi connectivity index (χ1n) is 6.02. The summed E-state index contributed by atoms with van der Waals surface area (Å²) in [6, 6.07) is 11.1. The fourth-order valence-electron chi connectivity index (χ4n) is 2.41. The van der Waals surface area contributed by atoms with Crippen molar-refractivity contribution in [3.05, 3.63) is 35.4 Å². The summed E-state index contributed by atoms with van der Waals surface area (Å²) < 4.78 is 0. The van der Waals surface area contributed by atoms with Crippen LogP contribution in [0.2, 0.25) is 0 Å². The summed E-state index contributed by atoms with van der Waals surface area (Å²) in [4.78, 5) is 0. The number of piperidine rings is 1. The lowest BCUT2D eigenvalue weighted by Gasteiger charge is -2.31. The minimum atomic E-state index is -0.254. The van der Waals surface area contributed by atoms with Crippen molar-refractivity contribution >= 4 is 0 Å². The van der Waals surface area contributed by atoms with E-state index in [2.05, 4.69) is 42.6 Å². The van der Waals surface area contributed by atoms with Crippen LogP contribution in [0.25, 0.3) is 0 Å². The lowest BCUT2D eigenvalue weighted by molar-refractivity contribution is 0.382. The molecule has 84 valence electrons. The van der Waals surface area contributed by atoms with Crippen LogP contribution in [0, 0.1) is 11.3 Å². The normalized spacial score (nSPS) is 19.0. The molecule has 2 heteroatoms. The van der Waals surface area contributed by atoms with Gasteiger partial charge in [0.1, 0.15) is 0 Å². The van der Waals surface area contributed by atoms with Gasteiger partial charge in [-0.15, -0.1) is 0 Å². The highest BCUT2D eigenvalue weighted by Crippen LogP contribution is 2.33. The van der Waals surface area contributed by atoms with Crippen molar-refractivity contribution in [1.82, 2.24) is 5.32 Å². The maximum Gasteiger partial charge on any atom is 0.0846 e. The zero-order valence-electron chi connectivity index (χ0n) is 9.79. The predicted octanol–water partition coefficient (Wildman–Crippen LogP) is 2.39. The van der Waals surface area contributed by atoms with E-state index in [0.717, 1.165) is 32.4 Å². The van der Waals surface area contributed by atoms with Crippen LogP contribution in [0.5, 0.6) is 0 Å². The number of nitriles is 1. The third-order valence-electron chi connectivity index (χ3n) is 3.56. The van der Waals surface area contributed by atoms with E-state index in [-0.39, 0.29) is 5.41 Å².